The topological polar surface area (TPSA) is 45.7 Å². The van der Waals surface area contributed by atoms with Gasteiger partial charge in [0.25, 0.3) is 0 Å². The van der Waals surface area contributed by atoms with E-state index in [-0.39, 0.29) is 12.0 Å². The predicted octanol–water partition coefficient (Wildman–Crippen LogP) is 3.93. The van der Waals surface area contributed by atoms with Crippen LogP contribution in [-0.4, -0.2) is 34.5 Å². The molecule has 31 heavy (non-hydrogen) atoms. The molecule has 0 spiro atoms. The molecular weight excluding hydrogens is 400 g/mol. The third-order valence-electron chi connectivity index (χ3n) is 5.78. The molecule has 7 heteroatoms. The average Bonchev–Trinajstić information content (AvgIpc) is 3.18. The number of pyridine rings is 1. The lowest BCUT2D eigenvalue weighted by molar-refractivity contribution is -0.123. The standard InChI is InChI=1S/C24H21F2N3O2/c25-19-9-8-16(11-20(19)26)13-28-15-18-12-22(28)24(30)29(14-17-5-3-4-10-27-17)21-6-1-2-7-23(21)31-18/h1-11,18,22H,12-15H2/t18-,22-/m0/s1. The van der Waals surface area contributed by atoms with Gasteiger partial charge in [0, 0.05) is 25.7 Å². The first-order valence-corrected chi connectivity index (χ1v) is 10.2. The number of aromatic nitrogens is 1. The minimum Gasteiger partial charge on any atom is -0.487 e. The van der Waals surface area contributed by atoms with Gasteiger partial charge in [-0.05, 0) is 42.0 Å². The molecule has 0 unspecified atom stereocenters. The Bertz CT molecular complexity index is 1110. The van der Waals surface area contributed by atoms with E-state index in [0.717, 1.165) is 11.8 Å². The lowest BCUT2D eigenvalue weighted by atomic mass is 10.1. The molecular formula is C24H21F2N3O2. The number of hydrogen-bond donors (Lipinski definition) is 0. The van der Waals surface area contributed by atoms with E-state index in [2.05, 4.69) is 4.98 Å². The zero-order chi connectivity index (χ0) is 21.4. The molecule has 2 bridgehead atoms. The van der Waals surface area contributed by atoms with Crippen molar-refractivity contribution in [2.24, 2.45) is 0 Å². The molecule has 5 rings (SSSR count). The van der Waals surface area contributed by atoms with Gasteiger partial charge in [0.15, 0.2) is 11.6 Å². The van der Waals surface area contributed by atoms with Crippen LogP contribution < -0.4 is 9.64 Å². The molecule has 1 aromatic heterocycles. The maximum absolute atomic E-state index is 13.7. The SMILES string of the molecule is O=C1[C@@H]2C[C@@H](CN2Cc2ccc(F)c(F)c2)Oc2ccccc2N1Cc1ccccn1. The summed E-state index contributed by atoms with van der Waals surface area (Å²) in [6.07, 6.45) is 2.08. The number of nitrogens with zero attached hydrogens (tertiary/aromatic N) is 3. The summed E-state index contributed by atoms with van der Waals surface area (Å²) in [4.78, 5) is 21.8. The minimum atomic E-state index is -0.888. The third kappa shape index (κ3) is 3.88. The van der Waals surface area contributed by atoms with Crippen molar-refractivity contribution < 1.29 is 18.3 Å². The summed E-state index contributed by atoms with van der Waals surface area (Å²) in [6, 6.07) is 16.5. The number of carbonyl (C=O) groups is 1. The summed E-state index contributed by atoms with van der Waals surface area (Å²) in [5, 5.41) is 0. The lowest BCUT2D eigenvalue weighted by Gasteiger charge is -2.31. The number of anilines is 1. The maximum atomic E-state index is 13.7. The number of carbonyl (C=O) groups excluding carboxylic acids is 1. The van der Waals surface area contributed by atoms with E-state index >= 15 is 0 Å². The largest absolute Gasteiger partial charge is 0.487 e. The van der Waals surface area contributed by atoms with Gasteiger partial charge >= 0.3 is 0 Å². The first-order valence-electron chi connectivity index (χ1n) is 10.2. The molecule has 1 fully saturated rings. The molecule has 2 atom stereocenters. The van der Waals surface area contributed by atoms with Crippen LogP contribution in [0.4, 0.5) is 14.5 Å². The Morgan fingerprint density at radius 2 is 1.84 bits per heavy atom. The normalized spacial score (nSPS) is 20.7. The molecule has 0 saturated carbocycles. The quantitative estimate of drug-likeness (QED) is 0.641. The summed E-state index contributed by atoms with van der Waals surface area (Å²) in [6.45, 7) is 1.18. The van der Waals surface area contributed by atoms with E-state index in [1.807, 2.05) is 47.4 Å². The van der Waals surface area contributed by atoms with E-state index < -0.39 is 17.7 Å². The molecule has 3 aromatic rings. The van der Waals surface area contributed by atoms with Gasteiger partial charge in [-0.2, -0.15) is 0 Å². The zero-order valence-corrected chi connectivity index (χ0v) is 16.7. The van der Waals surface area contributed by atoms with E-state index in [0.29, 0.717) is 43.1 Å². The van der Waals surface area contributed by atoms with Crippen LogP contribution in [-0.2, 0) is 17.9 Å². The number of benzene rings is 2. The number of para-hydroxylation sites is 2. The fourth-order valence-corrected chi connectivity index (χ4v) is 4.33. The molecule has 2 aliphatic rings. The Morgan fingerprint density at radius 1 is 1.00 bits per heavy atom. The van der Waals surface area contributed by atoms with Crippen LogP contribution >= 0.6 is 0 Å². The number of amides is 1. The molecule has 0 aliphatic carbocycles. The number of hydrogen-bond acceptors (Lipinski definition) is 4. The predicted molar refractivity (Wildman–Crippen MR) is 111 cm³/mol. The fourth-order valence-electron chi connectivity index (χ4n) is 4.33. The van der Waals surface area contributed by atoms with Gasteiger partial charge < -0.3 is 9.64 Å². The number of rotatable bonds is 4. The highest BCUT2D eigenvalue weighted by atomic mass is 19.2. The van der Waals surface area contributed by atoms with Crippen molar-refractivity contribution >= 4 is 11.6 Å². The van der Waals surface area contributed by atoms with Gasteiger partial charge in [-0.25, -0.2) is 8.78 Å². The van der Waals surface area contributed by atoms with Gasteiger partial charge in [-0.1, -0.05) is 24.3 Å². The second-order valence-corrected chi connectivity index (χ2v) is 7.88. The fraction of sp³-hybridized carbons (Fsp3) is 0.250. The molecule has 2 aliphatic heterocycles. The summed E-state index contributed by atoms with van der Waals surface area (Å²) in [7, 11) is 0. The highest BCUT2D eigenvalue weighted by molar-refractivity contribution is 5.99. The number of ether oxygens (including phenoxy) is 1. The van der Waals surface area contributed by atoms with Crippen LogP contribution in [0.15, 0.2) is 66.9 Å². The van der Waals surface area contributed by atoms with E-state index in [4.69, 9.17) is 4.74 Å². The van der Waals surface area contributed by atoms with Crippen LogP contribution in [0, 0.1) is 11.6 Å². The number of likely N-dealkylation sites (tertiary alicyclic amines) is 1. The molecule has 1 amide bonds. The van der Waals surface area contributed by atoms with Crippen LogP contribution in [0.3, 0.4) is 0 Å². The Morgan fingerprint density at radius 3 is 2.65 bits per heavy atom. The monoisotopic (exact) mass is 421 g/mol. The van der Waals surface area contributed by atoms with Crippen molar-refractivity contribution in [3.8, 4) is 5.75 Å². The van der Waals surface area contributed by atoms with E-state index in [9.17, 15) is 13.6 Å². The molecule has 3 heterocycles. The summed E-state index contributed by atoms with van der Waals surface area (Å²) in [5.74, 6) is -1.16. The lowest BCUT2D eigenvalue weighted by Crippen LogP contribution is -2.45. The molecule has 0 radical (unpaired) electrons. The minimum absolute atomic E-state index is 0.0495. The van der Waals surface area contributed by atoms with Crippen molar-refractivity contribution in [1.29, 1.82) is 0 Å². The van der Waals surface area contributed by atoms with E-state index in [1.54, 1.807) is 17.2 Å². The molecule has 2 aromatic carbocycles. The smallest absolute Gasteiger partial charge is 0.244 e. The van der Waals surface area contributed by atoms with Crippen molar-refractivity contribution in [1.82, 2.24) is 9.88 Å². The van der Waals surface area contributed by atoms with Crippen molar-refractivity contribution in [3.05, 3.63) is 89.8 Å². The summed E-state index contributed by atoms with van der Waals surface area (Å²) >= 11 is 0. The van der Waals surface area contributed by atoms with Gasteiger partial charge in [0.2, 0.25) is 5.91 Å². The second kappa shape index (κ2) is 8.07. The Labute approximate surface area is 178 Å². The van der Waals surface area contributed by atoms with Crippen LogP contribution in [0.2, 0.25) is 0 Å². The summed E-state index contributed by atoms with van der Waals surface area (Å²) in [5.41, 5.74) is 2.10. The highest BCUT2D eigenvalue weighted by Gasteiger charge is 2.42. The maximum Gasteiger partial charge on any atom is 0.244 e. The molecule has 158 valence electrons. The van der Waals surface area contributed by atoms with Gasteiger partial charge in [0.05, 0.1) is 24.0 Å². The van der Waals surface area contributed by atoms with Gasteiger partial charge in [-0.15, -0.1) is 0 Å². The first-order chi connectivity index (χ1) is 15.1. The molecule has 5 nitrogen and oxygen atoms in total. The van der Waals surface area contributed by atoms with Gasteiger partial charge in [0.1, 0.15) is 11.9 Å². The average molecular weight is 421 g/mol. The third-order valence-corrected chi connectivity index (χ3v) is 5.78. The van der Waals surface area contributed by atoms with Crippen molar-refractivity contribution in [3.63, 3.8) is 0 Å². The number of halogens is 2. The summed E-state index contributed by atoms with van der Waals surface area (Å²) < 4.78 is 33.3. The Kier molecular flexibility index (Phi) is 5.11. The zero-order valence-electron chi connectivity index (χ0n) is 16.7. The molecule has 1 saturated heterocycles. The van der Waals surface area contributed by atoms with Crippen molar-refractivity contribution in [2.75, 3.05) is 11.4 Å². The Hall–Kier alpha value is -3.32. The van der Waals surface area contributed by atoms with Crippen LogP contribution in [0.25, 0.3) is 0 Å². The number of fused-ring (bicyclic) bond motifs is 3. The second-order valence-electron chi connectivity index (χ2n) is 7.88. The van der Waals surface area contributed by atoms with Crippen LogP contribution in [0.1, 0.15) is 17.7 Å². The molecule has 0 N–H and O–H groups in total. The van der Waals surface area contributed by atoms with Crippen LogP contribution in [0.5, 0.6) is 5.75 Å². The van der Waals surface area contributed by atoms with Crippen molar-refractivity contribution in [2.45, 2.75) is 31.7 Å². The highest BCUT2D eigenvalue weighted by Crippen LogP contribution is 2.37. The Balaban J connectivity index is 1.48. The first kappa shape index (κ1) is 19.6. The van der Waals surface area contributed by atoms with E-state index in [1.165, 1.54) is 6.07 Å². The van der Waals surface area contributed by atoms with Gasteiger partial charge in [-0.3, -0.25) is 14.7 Å².